The van der Waals surface area contributed by atoms with Crippen molar-refractivity contribution in [1.82, 2.24) is 0 Å². The van der Waals surface area contributed by atoms with E-state index in [0.717, 1.165) is 31.4 Å². The molecule has 1 fully saturated rings. The van der Waals surface area contributed by atoms with E-state index in [1.54, 1.807) is 12.1 Å². The highest BCUT2D eigenvalue weighted by Crippen LogP contribution is 2.23. The minimum Gasteiger partial charge on any atom is -0.378 e. The quantitative estimate of drug-likeness (QED) is 0.816. The van der Waals surface area contributed by atoms with Crippen LogP contribution in [0.1, 0.15) is 31.2 Å². The summed E-state index contributed by atoms with van der Waals surface area (Å²) in [7, 11) is 0. The highest BCUT2D eigenvalue weighted by atomic mass is 35.5. The molecule has 0 bridgehead atoms. The van der Waals surface area contributed by atoms with Crippen LogP contribution in [-0.4, -0.2) is 18.5 Å². The zero-order chi connectivity index (χ0) is 13.0. The van der Waals surface area contributed by atoms with Crippen LogP contribution in [0.3, 0.4) is 0 Å². The van der Waals surface area contributed by atoms with Crippen molar-refractivity contribution < 1.29 is 9.53 Å². The van der Waals surface area contributed by atoms with Crippen molar-refractivity contribution in [2.45, 2.75) is 38.2 Å². The van der Waals surface area contributed by atoms with Gasteiger partial charge in [-0.05, 0) is 37.0 Å². The van der Waals surface area contributed by atoms with Crippen LogP contribution in [0, 0.1) is 0 Å². The summed E-state index contributed by atoms with van der Waals surface area (Å²) in [4.78, 5) is 11.8. The number of ether oxygens (including phenoxy) is 1. The molecule has 1 aliphatic rings. The Bertz CT molecular complexity index is 426. The molecule has 1 aromatic carbocycles. The van der Waals surface area contributed by atoms with Crippen molar-refractivity contribution in [2.24, 2.45) is 0 Å². The molecule has 1 atom stereocenters. The van der Waals surface area contributed by atoms with Crippen LogP contribution in [0.4, 0.5) is 0 Å². The van der Waals surface area contributed by atoms with Gasteiger partial charge in [0.1, 0.15) is 5.78 Å². The maximum absolute atomic E-state index is 11.8. The molecular weight excluding hydrogens is 271 g/mol. The molecule has 1 unspecified atom stereocenters. The third-order valence-electron chi connectivity index (χ3n) is 3.15. The number of benzene rings is 1. The van der Waals surface area contributed by atoms with Gasteiger partial charge < -0.3 is 4.74 Å². The molecule has 0 spiro atoms. The summed E-state index contributed by atoms with van der Waals surface area (Å²) in [5, 5.41) is 1.02. The van der Waals surface area contributed by atoms with E-state index in [-0.39, 0.29) is 11.9 Å². The Hall–Kier alpha value is -0.570. The lowest BCUT2D eigenvalue weighted by molar-refractivity contribution is -0.119. The molecule has 18 heavy (non-hydrogen) atoms. The molecule has 1 heterocycles. The highest BCUT2D eigenvalue weighted by Gasteiger charge is 2.16. The number of hydrogen-bond donors (Lipinski definition) is 0. The Kier molecular flexibility index (Phi) is 5.04. The van der Waals surface area contributed by atoms with Crippen LogP contribution in [0.25, 0.3) is 0 Å². The zero-order valence-corrected chi connectivity index (χ0v) is 11.6. The minimum absolute atomic E-state index is 0.226. The smallest absolute Gasteiger partial charge is 0.137 e. The molecule has 0 aliphatic carbocycles. The van der Waals surface area contributed by atoms with E-state index in [0.29, 0.717) is 22.9 Å². The molecule has 1 aliphatic heterocycles. The first-order chi connectivity index (χ1) is 8.65. The molecule has 2 nitrogen and oxygen atoms in total. The average Bonchev–Trinajstić information content (AvgIpc) is 2.84. The van der Waals surface area contributed by atoms with Crippen molar-refractivity contribution in [2.75, 3.05) is 6.61 Å². The second-order valence-corrected chi connectivity index (χ2v) is 5.45. The van der Waals surface area contributed by atoms with E-state index in [9.17, 15) is 4.79 Å². The molecular formula is C14H16Cl2O2. The lowest BCUT2D eigenvalue weighted by Crippen LogP contribution is -2.10. The molecule has 4 heteroatoms. The highest BCUT2D eigenvalue weighted by molar-refractivity contribution is 6.42. The van der Waals surface area contributed by atoms with Gasteiger partial charge >= 0.3 is 0 Å². The molecule has 0 radical (unpaired) electrons. The van der Waals surface area contributed by atoms with Crippen LogP contribution in [0.5, 0.6) is 0 Å². The van der Waals surface area contributed by atoms with Gasteiger partial charge in [-0.3, -0.25) is 4.79 Å². The van der Waals surface area contributed by atoms with Crippen LogP contribution in [-0.2, 0) is 16.0 Å². The Morgan fingerprint density at radius 1 is 1.33 bits per heavy atom. The predicted octanol–water partition coefficient (Wildman–Crippen LogP) is 4.06. The fourth-order valence-electron chi connectivity index (χ4n) is 2.16. The topological polar surface area (TPSA) is 26.3 Å². The molecule has 0 N–H and O–H groups in total. The summed E-state index contributed by atoms with van der Waals surface area (Å²) in [6, 6.07) is 5.33. The monoisotopic (exact) mass is 286 g/mol. The number of carbonyl (C=O) groups excluding carboxylic acids is 1. The molecule has 0 amide bonds. The van der Waals surface area contributed by atoms with Gasteiger partial charge in [0.2, 0.25) is 0 Å². The van der Waals surface area contributed by atoms with E-state index < -0.39 is 0 Å². The van der Waals surface area contributed by atoms with Crippen LogP contribution in [0.2, 0.25) is 10.0 Å². The standard InChI is InChI=1S/C14H16Cl2O2/c15-13-6-3-10(9-14(13)16)8-11(17)4-5-12-2-1-7-18-12/h3,6,9,12H,1-2,4-5,7-8H2. The molecule has 0 aromatic heterocycles. The fraction of sp³-hybridized carbons (Fsp3) is 0.500. The number of halogens is 2. The number of carbonyl (C=O) groups is 1. The normalized spacial score (nSPS) is 19.1. The third kappa shape index (κ3) is 3.98. The minimum atomic E-state index is 0.226. The van der Waals surface area contributed by atoms with Gasteiger partial charge in [0.25, 0.3) is 0 Å². The van der Waals surface area contributed by atoms with Gasteiger partial charge in [0.05, 0.1) is 16.1 Å². The lowest BCUT2D eigenvalue weighted by Gasteiger charge is -2.08. The summed E-state index contributed by atoms with van der Waals surface area (Å²) in [5.41, 5.74) is 0.918. The maximum Gasteiger partial charge on any atom is 0.137 e. The molecule has 98 valence electrons. The number of rotatable bonds is 5. The molecule has 2 rings (SSSR count). The Balaban J connectivity index is 1.80. The summed E-state index contributed by atoms with van der Waals surface area (Å²) in [6.45, 7) is 0.839. The first-order valence-corrected chi connectivity index (χ1v) is 6.98. The van der Waals surface area contributed by atoms with Crippen molar-refractivity contribution >= 4 is 29.0 Å². The van der Waals surface area contributed by atoms with E-state index >= 15 is 0 Å². The second kappa shape index (κ2) is 6.55. The van der Waals surface area contributed by atoms with Crippen molar-refractivity contribution in [3.05, 3.63) is 33.8 Å². The van der Waals surface area contributed by atoms with Gasteiger partial charge in [-0.15, -0.1) is 0 Å². The SMILES string of the molecule is O=C(CCC1CCCO1)Cc1ccc(Cl)c(Cl)c1. The first-order valence-electron chi connectivity index (χ1n) is 6.22. The maximum atomic E-state index is 11.8. The van der Waals surface area contributed by atoms with E-state index in [1.165, 1.54) is 0 Å². The Morgan fingerprint density at radius 2 is 2.17 bits per heavy atom. The van der Waals surface area contributed by atoms with E-state index in [2.05, 4.69) is 0 Å². The van der Waals surface area contributed by atoms with Gasteiger partial charge in [-0.1, -0.05) is 29.3 Å². The van der Waals surface area contributed by atoms with Gasteiger partial charge in [0.15, 0.2) is 0 Å². The molecule has 0 saturated carbocycles. The molecule has 1 saturated heterocycles. The van der Waals surface area contributed by atoms with Crippen LogP contribution >= 0.6 is 23.2 Å². The van der Waals surface area contributed by atoms with Gasteiger partial charge in [-0.2, -0.15) is 0 Å². The summed E-state index contributed by atoms with van der Waals surface area (Å²) in [6.07, 6.45) is 4.31. The molecule has 1 aromatic rings. The third-order valence-corrected chi connectivity index (χ3v) is 3.89. The van der Waals surface area contributed by atoms with Crippen molar-refractivity contribution in [3.63, 3.8) is 0 Å². The van der Waals surface area contributed by atoms with Crippen molar-refractivity contribution in [1.29, 1.82) is 0 Å². The summed E-state index contributed by atoms with van der Waals surface area (Å²) in [5.74, 6) is 0.226. The van der Waals surface area contributed by atoms with Crippen molar-refractivity contribution in [3.8, 4) is 0 Å². The lowest BCUT2D eigenvalue weighted by atomic mass is 10.0. The average molecular weight is 287 g/mol. The summed E-state index contributed by atoms with van der Waals surface area (Å²) >= 11 is 11.7. The van der Waals surface area contributed by atoms with Crippen LogP contribution in [0.15, 0.2) is 18.2 Å². The second-order valence-electron chi connectivity index (χ2n) is 4.64. The number of ketones is 1. The largest absolute Gasteiger partial charge is 0.378 e. The van der Waals surface area contributed by atoms with Gasteiger partial charge in [0, 0.05) is 19.4 Å². The van der Waals surface area contributed by atoms with Crippen LogP contribution < -0.4 is 0 Å². The Morgan fingerprint density at radius 3 is 2.83 bits per heavy atom. The number of hydrogen-bond acceptors (Lipinski definition) is 2. The summed E-state index contributed by atoms with van der Waals surface area (Å²) < 4.78 is 5.50. The van der Waals surface area contributed by atoms with Gasteiger partial charge in [-0.25, -0.2) is 0 Å². The fourth-order valence-corrected chi connectivity index (χ4v) is 2.48. The zero-order valence-electron chi connectivity index (χ0n) is 10.1. The first kappa shape index (κ1) is 13.9. The Labute approximate surface area is 117 Å². The van der Waals surface area contributed by atoms with E-state index in [1.807, 2.05) is 6.07 Å². The van der Waals surface area contributed by atoms with E-state index in [4.69, 9.17) is 27.9 Å². The number of Topliss-reactive ketones (excluding diaryl/α,β-unsaturated/α-hetero) is 1. The predicted molar refractivity (Wildman–Crippen MR) is 73.4 cm³/mol.